The molecule has 4 nitrogen and oxygen atoms in total. The smallest absolute Gasteiger partial charge is 0.479 e. The first-order chi connectivity index (χ1) is 7.52. The van der Waals surface area contributed by atoms with Crippen LogP contribution in [0.4, 0.5) is 13.2 Å². The lowest BCUT2D eigenvalue weighted by Gasteiger charge is -2.28. The first-order valence-corrected chi connectivity index (χ1v) is 6.89. The zero-order valence-electron chi connectivity index (χ0n) is 10.0. The van der Waals surface area contributed by atoms with E-state index in [-0.39, 0.29) is 0 Å². The molecule has 0 amide bonds. The topological polar surface area (TPSA) is 57.9 Å². The summed E-state index contributed by atoms with van der Waals surface area (Å²) in [7, 11) is -3.20. The lowest BCUT2D eigenvalue weighted by Crippen LogP contribution is -2.41. The van der Waals surface area contributed by atoms with Gasteiger partial charge in [-0.2, -0.15) is 13.2 Å². The molecule has 104 valence electrons. The summed E-state index contributed by atoms with van der Waals surface area (Å²) in [5, 5.41) is 5.43. The number of hydrogen-bond acceptors (Lipinski definition) is 2. The van der Waals surface area contributed by atoms with Crippen LogP contribution in [0.3, 0.4) is 0 Å². The van der Waals surface area contributed by atoms with Crippen molar-refractivity contribution in [1.29, 1.82) is 0 Å². The van der Waals surface area contributed by atoms with Gasteiger partial charge in [-0.05, 0) is 6.42 Å². The molecule has 1 heterocycles. The van der Waals surface area contributed by atoms with Crippen LogP contribution in [0, 0.1) is 0 Å². The molecule has 0 unspecified atom stereocenters. The van der Waals surface area contributed by atoms with Crippen molar-refractivity contribution in [3.63, 3.8) is 0 Å². The molecule has 0 aliphatic carbocycles. The van der Waals surface area contributed by atoms with E-state index in [1.165, 1.54) is 43.4 Å². The van der Waals surface area contributed by atoms with Gasteiger partial charge in [0.15, 0.2) is 10.0 Å². The van der Waals surface area contributed by atoms with Gasteiger partial charge in [0.1, 0.15) is 0 Å². The van der Waals surface area contributed by atoms with Gasteiger partial charge in [0.25, 0.3) is 0 Å². The minimum Gasteiger partial charge on any atom is -0.556 e. The highest BCUT2D eigenvalue weighted by Crippen LogP contribution is 2.23. The summed E-state index contributed by atoms with van der Waals surface area (Å²) in [5.41, 5.74) is -5.42. The average molecular weight is 276 g/mol. The molecule has 0 bridgehead atoms. The Morgan fingerprint density at radius 1 is 1.24 bits per heavy atom. The van der Waals surface area contributed by atoms with E-state index in [0.717, 1.165) is 0 Å². The van der Waals surface area contributed by atoms with Gasteiger partial charge in [-0.1, -0.05) is 6.92 Å². The van der Waals surface area contributed by atoms with Crippen LogP contribution in [0.1, 0.15) is 26.2 Å². The van der Waals surface area contributed by atoms with Crippen molar-refractivity contribution >= 4 is 10.0 Å². The monoisotopic (exact) mass is 276 g/mol. The zero-order valence-corrected chi connectivity index (χ0v) is 10.9. The van der Waals surface area contributed by atoms with Crippen molar-refractivity contribution in [2.45, 2.75) is 31.7 Å². The zero-order chi connectivity index (χ0) is 13.7. The van der Waals surface area contributed by atoms with Crippen LogP contribution in [-0.4, -0.2) is 45.1 Å². The number of sulfonamides is 1. The number of likely N-dealkylation sites (tertiary alicyclic amines) is 1. The van der Waals surface area contributed by atoms with Gasteiger partial charge >= 0.3 is 5.51 Å². The van der Waals surface area contributed by atoms with Crippen molar-refractivity contribution in [2.24, 2.45) is 0 Å². The molecule has 0 atom stereocenters. The van der Waals surface area contributed by atoms with Crippen molar-refractivity contribution in [2.75, 3.05) is 26.7 Å². The Morgan fingerprint density at radius 3 is 1.82 bits per heavy atom. The van der Waals surface area contributed by atoms with Crippen LogP contribution in [0.5, 0.6) is 0 Å². The summed E-state index contributed by atoms with van der Waals surface area (Å²) in [5.74, 6) is 0. The van der Waals surface area contributed by atoms with E-state index >= 15 is 0 Å². The quantitative estimate of drug-likeness (QED) is 0.728. The van der Waals surface area contributed by atoms with Crippen molar-refractivity contribution in [1.82, 2.24) is 0 Å². The molecule has 1 aliphatic rings. The maximum atomic E-state index is 10.8. The summed E-state index contributed by atoms with van der Waals surface area (Å²) < 4.78 is 52.1. The van der Waals surface area contributed by atoms with E-state index in [4.69, 9.17) is 5.14 Å². The van der Waals surface area contributed by atoms with Crippen LogP contribution in [0.25, 0.3) is 5.14 Å². The lowest BCUT2D eigenvalue weighted by atomic mass is 10.4. The predicted molar refractivity (Wildman–Crippen MR) is 59.6 cm³/mol. The molecule has 0 saturated carbocycles. The Kier molecular flexibility index (Phi) is 5.89. The highest BCUT2D eigenvalue weighted by Gasteiger charge is 2.36. The Labute approximate surface area is 100 Å². The first kappa shape index (κ1) is 16.7. The van der Waals surface area contributed by atoms with Crippen molar-refractivity contribution in [3.8, 4) is 0 Å². The Morgan fingerprint density at radius 2 is 1.59 bits per heavy atom. The van der Waals surface area contributed by atoms with Gasteiger partial charge in [-0.3, -0.25) is 0 Å². The molecule has 1 saturated heterocycles. The van der Waals surface area contributed by atoms with E-state index in [9.17, 15) is 21.6 Å². The number of alkyl halides is 3. The van der Waals surface area contributed by atoms with Crippen LogP contribution >= 0.6 is 0 Å². The summed E-state index contributed by atoms with van der Waals surface area (Å²) >= 11 is 0. The number of quaternary nitrogens is 1. The summed E-state index contributed by atoms with van der Waals surface area (Å²) in [6, 6.07) is 0. The Bertz CT molecular complexity index is 322. The molecule has 0 spiro atoms. The van der Waals surface area contributed by atoms with Crippen LogP contribution in [0.15, 0.2) is 0 Å². The summed E-state index contributed by atoms with van der Waals surface area (Å²) in [4.78, 5) is 0. The van der Waals surface area contributed by atoms with Crippen LogP contribution < -0.4 is 0 Å². The number of nitrogens with zero attached hydrogens (tertiary/aromatic N) is 1. The second-order valence-electron chi connectivity index (χ2n) is 4.45. The highest BCUT2D eigenvalue weighted by molar-refractivity contribution is 7.93. The highest BCUT2D eigenvalue weighted by atomic mass is 32.2. The largest absolute Gasteiger partial charge is 0.556 e. The van der Waals surface area contributed by atoms with Gasteiger partial charge in [0, 0.05) is 12.8 Å². The second kappa shape index (κ2) is 6.01. The second-order valence-corrected chi connectivity index (χ2v) is 5.92. The van der Waals surface area contributed by atoms with E-state index in [1.54, 1.807) is 0 Å². The molecule has 1 rings (SSSR count). The van der Waals surface area contributed by atoms with Gasteiger partial charge in [0.2, 0.25) is 0 Å². The molecule has 1 N–H and O–H groups in total. The van der Waals surface area contributed by atoms with Gasteiger partial charge < -0.3 is 9.62 Å². The third-order valence-corrected chi connectivity index (χ3v) is 3.32. The van der Waals surface area contributed by atoms with Crippen LogP contribution in [0.2, 0.25) is 0 Å². The fraction of sp³-hybridized carbons (Fsp3) is 1.00. The van der Waals surface area contributed by atoms with E-state index in [0.29, 0.717) is 0 Å². The third-order valence-electron chi connectivity index (χ3n) is 2.71. The molecular weight excluding hydrogens is 257 g/mol. The molecule has 0 aromatic heterocycles. The van der Waals surface area contributed by atoms with E-state index in [2.05, 4.69) is 14.0 Å². The maximum absolute atomic E-state index is 10.8. The molecule has 1 aliphatic heterocycles. The number of hydrogen-bond donors (Lipinski definition) is 0. The molecular formula is C9H19F3N2O2S. The molecule has 17 heavy (non-hydrogen) atoms. The Balaban J connectivity index is 0.000000304. The first-order valence-electron chi connectivity index (χ1n) is 5.41. The number of nitrogens with one attached hydrogen (secondary N) is 1. The lowest BCUT2D eigenvalue weighted by molar-refractivity contribution is -0.897. The van der Waals surface area contributed by atoms with E-state index < -0.39 is 15.5 Å². The predicted octanol–water partition coefficient (Wildman–Crippen LogP) is 2.53. The fourth-order valence-corrected chi connectivity index (χ4v) is 1.86. The normalized spacial score (nSPS) is 19.6. The molecule has 0 radical (unpaired) electrons. The number of rotatable bonds is 2. The molecule has 8 heteroatoms. The SMILES string of the molecule is CCC[N+]1(C)CCCC1.[NH-]S(=O)(=O)C(F)(F)F. The van der Waals surface area contributed by atoms with Gasteiger partial charge in [-0.15, -0.1) is 0 Å². The average Bonchev–Trinajstić information content (AvgIpc) is 2.50. The standard InChI is InChI=1S/C8H18N.CHF3NO2S/c1-3-6-9(2)7-4-5-8-9;2-1(3,4)8(5,6)7/h3-8H2,1-2H3;(H-,5,6,7)/q+1;-1. The number of halogens is 3. The van der Waals surface area contributed by atoms with Crippen molar-refractivity contribution in [3.05, 3.63) is 5.14 Å². The summed E-state index contributed by atoms with van der Waals surface area (Å²) in [6.07, 6.45) is 4.25. The minimum absolute atomic E-state index is 1.34. The molecule has 1 fully saturated rings. The van der Waals surface area contributed by atoms with Gasteiger partial charge in [0.05, 0.1) is 26.7 Å². The molecule has 0 aromatic rings. The van der Waals surface area contributed by atoms with E-state index in [1.807, 2.05) is 0 Å². The minimum atomic E-state index is -5.59. The fourth-order valence-electron chi connectivity index (χ4n) is 1.86. The maximum Gasteiger partial charge on any atom is 0.479 e. The van der Waals surface area contributed by atoms with Gasteiger partial charge in [-0.25, -0.2) is 8.42 Å². The molecule has 0 aromatic carbocycles. The van der Waals surface area contributed by atoms with Crippen LogP contribution in [-0.2, 0) is 10.0 Å². The third kappa shape index (κ3) is 6.23. The Hall–Kier alpha value is -0.340. The summed E-state index contributed by atoms with van der Waals surface area (Å²) in [6.45, 7) is 6.52. The van der Waals surface area contributed by atoms with Crippen molar-refractivity contribution < 1.29 is 26.1 Å².